The van der Waals surface area contributed by atoms with Crippen molar-refractivity contribution in [3.63, 3.8) is 0 Å². The number of primary sulfonamides is 1. The van der Waals surface area contributed by atoms with Crippen LogP contribution in [0.3, 0.4) is 0 Å². The first-order chi connectivity index (χ1) is 6.47. The van der Waals surface area contributed by atoms with Gasteiger partial charge in [-0.05, 0) is 28.1 Å². The zero-order valence-electron chi connectivity index (χ0n) is 7.36. The van der Waals surface area contributed by atoms with Crippen LogP contribution in [-0.4, -0.2) is 20.7 Å². The molecule has 3 N–H and O–H groups in total. The number of hydrogen-bond donors (Lipinski definition) is 2. The van der Waals surface area contributed by atoms with Gasteiger partial charge >= 0.3 is 0 Å². The summed E-state index contributed by atoms with van der Waals surface area (Å²) in [6, 6.07) is 3.94. The monoisotopic (exact) mass is 298 g/mol. The van der Waals surface area contributed by atoms with Gasteiger partial charge in [-0.3, -0.25) is 0 Å². The molecule has 0 saturated heterocycles. The van der Waals surface area contributed by atoms with Gasteiger partial charge in [-0.15, -0.1) is 11.3 Å². The number of rotatable bonds is 5. The van der Waals surface area contributed by atoms with E-state index in [1.54, 1.807) is 11.3 Å². The van der Waals surface area contributed by atoms with E-state index in [0.717, 1.165) is 8.66 Å². The van der Waals surface area contributed by atoms with Crippen LogP contribution in [0.4, 0.5) is 0 Å². The van der Waals surface area contributed by atoms with Crippen molar-refractivity contribution < 1.29 is 8.42 Å². The summed E-state index contributed by atoms with van der Waals surface area (Å²) in [6.45, 7) is 1.06. The van der Waals surface area contributed by atoms with E-state index in [-0.39, 0.29) is 5.75 Å². The van der Waals surface area contributed by atoms with Gasteiger partial charge in [-0.25, -0.2) is 13.6 Å². The molecule has 0 aliphatic rings. The van der Waals surface area contributed by atoms with Crippen molar-refractivity contribution in [1.82, 2.24) is 5.32 Å². The summed E-state index contributed by atoms with van der Waals surface area (Å²) in [4.78, 5) is 1.16. The molecule has 1 aromatic rings. The van der Waals surface area contributed by atoms with E-state index in [9.17, 15) is 8.42 Å². The Kier molecular flexibility index (Phi) is 4.52. The summed E-state index contributed by atoms with van der Waals surface area (Å²) >= 11 is 4.97. The van der Waals surface area contributed by atoms with Gasteiger partial charge in [0, 0.05) is 18.0 Å². The van der Waals surface area contributed by atoms with E-state index in [4.69, 9.17) is 5.14 Å². The van der Waals surface area contributed by atoms with Crippen LogP contribution >= 0.6 is 27.3 Å². The van der Waals surface area contributed by atoms with Crippen LogP contribution in [-0.2, 0) is 16.6 Å². The molecule has 1 rings (SSSR count). The molecule has 0 aliphatic carbocycles. The average Bonchev–Trinajstić information content (AvgIpc) is 2.44. The maximum absolute atomic E-state index is 10.6. The lowest BCUT2D eigenvalue weighted by atomic mass is 10.4. The van der Waals surface area contributed by atoms with E-state index in [0.29, 0.717) is 13.1 Å². The van der Waals surface area contributed by atoms with Crippen molar-refractivity contribution in [2.75, 3.05) is 12.3 Å². The second kappa shape index (κ2) is 5.22. The highest BCUT2D eigenvalue weighted by Crippen LogP contribution is 2.21. The zero-order chi connectivity index (χ0) is 10.6. The zero-order valence-corrected chi connectivity index (χ0v) is 10.6. The van der Waals surface area contributed by atoms with Gasteiger partial charge in [0.2, 0.25) is 10.0 Å². The fourth-order valence-electron chi connectivity index (χ4n) is 0.873. The molecule has 0 atom stereocenters. The number of halogens is 1. The Morgan fingerprint density at radius 2 is 2.21 bits per heavy atom. The number of nitrogens with one attached hydrogen (secondary N) is 1. The maximum atomic E-state index is 10.6. The number of nitrogens with two attached hydrogens (primary N) is 1. The predicted molar refractivity (Wildman–Crippen MR) is 61.7 cm³/mol. The molecule has 0 fully saturated rings. The molecular weight excluding hydrogens is 288 g/mol. The molecule has 1 aromatic heterocycles. The van der Waals surface area contributed by atoms with Gasteiger partial charge < -0.3 is 5.32 Å². The summed E-state index contributed by atoms with van der Waals surface area (Å²) < 4.78 is 22.2. The molecule has 4 nitrogen and oxygen atoms in total. The Hall–Kier alpha value is 0.0500. The molecule has 0 aromatic carbocycles. The lowest BCUT2D eigenvalue weighted by Gasteiger charge is -2.00. The van der Waals surface area contributed by atoms with Gasteiger partial charge in [-0.2, -0.15) is 0 Å². The Balaban J connectivity index is 2.23. The van der Waals surface area contributed by atoms with Crippen molar-refractivity contribution in [1.29, 1.82) is 0 Å². The van der Waals surface area contributed by atoms with E-state index < -0.39 is 10.0 Å². The fourth-order valence-corrected chi connectivity index (χ4v) is 2.75. The first-order valence-corrected chi connectivity index (χ1v) is 7.25. The van der Waals surface area contributed by atoms with Crippen LogP contribution in [0.15, 0.2) is 15.9 Å². The van der Waals surface area contributed by atoms with Crippen LogP contribution in [0.1, 0.15) is 4.88 Å². The van der Waals surface area contributed by atoms with Crippen LogP contribution < -0.4 is 10.5 Å². The summed E-state index contributed by atoms with van der Waals surface area (Å²) in [6.07, 6.45) is 0. The molecule has 0 unspecified atom stereocenters. The molecule has 14 heavy (non-hydrogen) atoms. The summed E-state index contributed by atoms with van der Waals surface area (Å²) in [7, 11) is -3.34. The molecule has 0 radical (unpaired) electrons. The van der Waals surface area contributed by atoms with Crippen molar-refractivity contribution in [2.24, 2.45) is 5.14 Å². The third-order valence-electron chi connectivity index (χ3n) is 1.49. The van der Waals surface area contributed by atoms with Crippen molar-refractivity contribution in [3.8, 4) is 0 Å². The van der Waals surface area contributed by atoms with E-state index >= 15 is 0 Å². The van der Waals surface area contributed by atoms with Crippen molar-refractivity contribution in [3.05, 3.63) is 20.8 Å². The number of sulfonamides is 1. The highest BCUT2D eigenvalue weighted by molar-refractivity contribution is 9.11. The van der Waals surface area contributed by atoms with E-state index in [2.05, 4.69) is 21.2 Å². The third-order valence-corrected chi connectivity index (χ3v) is 3.89. The van der Waals surface area contributed by atoms with Crippen LogP contribution in [0.25, 0.3) is 0 Å². The SMILES string of the molecule is NS(=O)(=O)CCNCc1ccc(Br)s1. The van der Waals surface area contributed by atoms with Gasteiger partial charge in [0.25, 0.3) is 0 Å². The summed E-state index contributed by atoms with van der Waals surface area (Å²) in [5, 5.41) is 7.85. The minimum atomic E-state index is -3.34. The number of thiophene rings is 1. The average molecular weight is 299 g/mol. The standard InChI is InChI=1S/C7H11BrN2O2S2/c8-7-2-1-6(13-7)5-10-3-4-14(9,11)12/h1-2,10H,3-5H2,(H2,9,11,12). The summed E-state index contributed by atoms with van der Waals surface area (Å²) in [5.41, 5.74) is 0. The van der Waals surface area contributed by atoms with Gasteiger partial charge in [0.05, 0.1) is 9.54 Å². The largest absolute Gasteiger partial charge is 0.311 e. The highest BCUT2D eigenvalue weighted by Gasteiger charge is 2.02. The Morgan fingerprint density at radius 3 is 2.71 bits per heavy atom. The molecule has 0 bridgehead atoms. The molecule has 80 valence electrons. The predicted octanol–water partition coefficient (Wildman–Crippen LogP) is 0.889. The summed E-state index contributed by atoms with van der Waals surface area (Å²) in [5.74, 6) is -0.0282. The first-order valence-electron chi connectivity index (χ1n) is 3.93. The van der Waals surface area contributed by atoms with Gasteiger partial charge in [0.15, 0.2) is 0 Å². The lowest BCUT2D eigenvalue weighted by molar-refractivity contribution is 0.592. The molecule has 0 amide bonds. The van der Waals surface area contributed by atoms with Crippen LogP contribution in [0.5, 0.6) is 0 Å². The van der Waals surface area contributed by atoms with Crippen LogP contribution in [0, 0.1) is 0 Å². The maximum Gasteiger partial charge on any atom is 0.210 e. The van der Waals surface area contributed by atoms with Crippen molar-refractivity contribution >= 4 is 37.3 Å². The van der Waals surface area contributed by atoms with E-state index in [1.807, 2.05) is 12.1 Å². The molecule has 0 spiro atoms. The third kappa shape index (κ3) is 5.06. The lowest BCUT2D eigenvalue weighted by Crippen LogP contribution is -2.26. The molecule has 0 saturated carbocycles. The normalized spacial score (nSPS) is 11.9. The molecular formula is C7H11BrN2O2S2. The van der Waals surface area contributed by atoms with Crippen LogP contribution in [0.2, 0.25) is 0 Å². The van der Waals surface area contributed by atoms with E-state index in [1.165, 1.54) is 0 Å². The topological polar surface area (TPSA) is 72.2 Å². The Morgan fingerprint density at radius 1 is 1.50 bits per heavy atom. The minimum absolute atomic E-state index is 0.0282. The highest BCUT2D eigenvalue weighted by atomic mass is 79.9. The Labute approximate surface area is 95.7 Å². The minimum Gasteiger partial charge on any atom is -0.311 e. The second-order valence-corrected chi connectivity index (χ2v) is 7.03. The number of hydrogen-bond acceptors (Lipinski definition) is 4. The molecule has 0 aliphatic heterocycles. The molecule has 1 heterocycles. The smallest absolute Gasteiger partial charge is 0.210 e. The first kappa shape index (κ1) is 12.1. The van der Waals surface area contributed by atoms with Gasteiger partial charge in [-0.1, -0.05) is 0 Å². The van der Waals surface area contributed by atoms with Gasteiger partial charge in [0.1, 0.15) is 0 Å². The quantitative estimate of drug-likeness (QED) is 0.793. The van der Waals surface area contributed by atoms with Crippen molar-refractivity contribution in [2.45, 2.75) is 6.54 Å². The Bertz CT molecular complexity index is 388. The molecule has 7 heteroatoms. The second-order valence-electron chi connectivity index (χ2n) is 2.75. The fraction of sp³-hybridized carbons (Fsp3) is 0.429.